The van der Waals surface area contributed by atoms with Crippen LogP contribution in [0.5, 0.6) is 0 Å². The van der Waals surface area contributed by atoms with Crippen molar-refractivity contribution >= 4 is 17.7 Å². The molecule has 0 amide bonds. The SMILES string of the molecule is Cc1ccc(Cc2cnc(NCCSCc3ccccc3C(F)(F)F)[nH]c2=O)cn1. The number of rotatable bonds is 8. The van der Waals surface area contributed by atoms with Crippen LogP contribution in [0.2, 0.25) is 0 Å². The van der Waals surface area contributed by atoms with Crippen molar-refractivity contribution in [2.75, 3.05) is 17.6 Å². The maximum Gasteiger partial charge on any atom is 0.416 e. The zero-order valence-electron chi connectivity index (χ0n) is 16.3. The molecule has 0 saturated carbocycles. The summed E-state index contributed by atoms with van der Waals surface area (Å²) in [7, 11) is 0. The summed E-state index contributed by atoms with van der Waals surface area (Å²) < 4.78 is 39.0. The summed E-state index contributed by atoms with van der Waals surface area (Å²) >= 11 is 1.38. The first-order chi connectivity index (χ1) is 14.3. The highest BCUT2D eigenvalue weighted by molar-refractivity contribution is 7.98. The number of alkyl halides is 3. The number of aromatic amines is 1. The van der Waals surface area contributed by atoms with E-state index in [-0.39, 0.29) is 16.9 Å². The Morgan fingerprint density at radius 1 is 1.07 bits per heavy atom. The summed E-state index contributed by atoms with van der Waals surface area (Å²) in [6.07, 6.45) is -0.664. The number of hydrogen-bond acceptors (Lipinski definition) is 5. The largest absolute Gasteiger partial charge is 0.416 e. The van der Waals surface area contributed by atoms with Gasteiger partial charge in [-0.25, -0.2) is 4.98 Å². The van der Waals surface area contributed by atoms with Gasteiger partial charge in [0.1, 0.15) is 0 Å². The zero-order chi connectivity index (χ0) is 21.6. The van der Waals surface area contributed by atoms with Crippen LogP contribution in [0, 0.1) is 6.92 Å². The number of nitrogens with one attached hydrogen (secondary N) is 2. The second kappa shape index (κ2) is 9.80. The quantitative estimate of drug-likeness (QED) is 0.514. The molecule has 30 heavy (non-hydrogen) atoms. The zero-order valence-corrected chi connectivity index (χ0v) is 17.1. The average Bonchev–Trinajstić information content (AvgIpc) is 2.71. The maximum absolute atomic E-state index is 13.0. The van der Waals surface area contributed by atoms with Gasteiger partial charge >= 0.3 is 6.18 Å². The molecule has 3 rings (SSSR count). The van der Waals surface area contributed by atoms with Gasteiger partial charge in [0.2, 0.25) is 5.95 Å². The Hall–Kier alpha value is -2.81. The lowest BCUT2D eigenvalue weighted by Gasteiger charge is -2.12. The first-order valence-corrected chi connectivity index (χ1v) is 10.4. The van der Waals surface area contributed by atoms with E-state index in [0.29, 0.717) is 30.2 Å². The molecule has 0 unspecified atom stereocenters. The average molecular weight is 434 g/mol. The van der Waals surface area contributed by atoms with Crippen LogP contribution in [0.1, 0.15) is 27.9 Å². The van der Waals surface area contributed by atoms with E-state index in [9.17, 15) is 18.0 Å². The molecule has 0 aliphatic heterocycles. The number of H-pyrrole nitrogens is 1. The Morgan fingerprint density at radius 3 is 2.57 bits per heavy atom. The number of thioether (sulfide) groups is 1. The van der Waals surface area contributed by atoms with Crippen LogP contribution in [-0.4, -0.2) is 27.2 Å². The Bertz CT molecular complexity index is 1040. The second-order valence-electron chi connectivity index (χ2n) is 6.71. The molecular weight excluding hydrogens is 413 g/mol. The predicted octanol–water partition coefficient (Wildman–Crippen LogP) is 4.43. The van der Waals surface area contributed by atoms with Gasteiger partial charge in [-0.15, -0.1) is 0 Å². The van der Waals surface area contributed by atoms with Gasteiger partial charge in [-0.1, -0.05) is 24.3 Å². The minimum Gasteiger partial charge on any atom is -0.355 e. The van der Waals surface area contributed by atoms with Gasteiger partial charge in [0.25, 0.3) is 5.56 Å². The van der Waals surface area contributed by atoms with Crippen molar-refractivity contribution in [2.45, 2.75) is 25.3 Å². The third-order valence-electron chi connectivity index (χ3n) is 4.36. The number of pyridine rings is 1. The molecule has 0 aliphatic rings. The minimum atomic E-state index is -4.35. The molecular formula is C21H21F3N4OS. The molecule has 1 aromatic carbocycles. The molecule has 2 N–H and O–H groups in total. The molecule has 9 heteroatoms. The van der Waals surface area contributed by atoms with Crippen LogP contribution in [0.4, 0.5) is 19.1 Å². The molecule has 0 fully saturated rings. The van der Waals surface area contributed by atoms with Crippen LogP contribution < -0.4 is 10.9 Å². The van der Waals surface area contributed by atoms with E-state index >= 15 is 0 Å². The summed E-state index contributed by atoms with van der Waals surface area (Å²) in [5.41, 5.74) is 1.78. The van der Waals surface area contributed by atoms with Crippen molar-refractivity contribution in [1.29, 1.82) is 0 Å². The lowest BCUT2D eigenvalue weighted by atomic mass is 10.1. The second-order valence-corrected chi connectivity index (χ2v) is 7.81. The number of hydrogen-bond donors (Lipinski definition) is 2. The van der Waals surface area contributed by atoms with Crippen molar-refractivity contribution in [2.24, 2.45) is 0 Å². The Balaban J connectivity index is 1.48. The minimum absolute atomic E-state index is 0.236. The van der Waals surface area contributed by atoms with Crippen molar-refractivity contribution in [3.63, 3.8) is 0 Å². The molecule has 0 radical (unpaired) electrons. The van der Waals surface area contributed by atoms with Gasteiger partial charge < -0.3 is 5.32 Å². The molecule has 5 nitrogen and oxygen atoms in total. The van der Waals surface area contributed by atoms with Crippen molar-refractivity contribution in [1.82, 2.24) is 15.0 Å². The fraction of sp³-hybridized carbons (Fsp3) is 0.286. The van der Waals surface area contributed by atoms with Crippen molar-refractivity contribution in [3.05, 3.63) is 87.1 Å². The normalized spacial score (nSPS) is 11.5. The van der Waals surface area contributed by atoms with E-state index in [0.717, 1.165) is 17.3 Å². The topological polar surface area (TPSA) is 70.7 Å². The van der Waals surface area contributed by atoms with Crippen LogP contribution in [0.3, 0.4) is 0 Å². The molecule has 2 heterocycles. The van der Waals surface area contributed by atoms with Gasteiger partial charge in [0.15, 0.2) is 0 Å². The van der Waals surface area contributed by atoms with Crippen LogP contribution in [0.15, 0.2) is 53.6 Å². The highest BCUT2D eigenvalue weighted by atomic mass is 32.2. The third-order valence-corrected chi connectivity index (χ3v) is 5.37. The van der Waals surface area contributed by atoms with Gasteiger partial charge in [-0.2, -0.15) is 24.9 Å². The van der Waals surface area contributed by atoms with E-state index in [1.54, 1.807) is 12.3 Å². The molecule has 158 valence electrons. The van der Waals surface area contributed by atoms with E-state index < -0.39 is 11.7 Å². The Kier molecular flexibility index (Phi) is 7.15. The van der Waals surface area contributed by atoms with Gasteiger partial charge in [0.05, 0.1) is 5.56 Å². The first kappa shape index (κ1) is 21.9. The molecule has 0 saturated heterocycles. The summed E-state index contributed by atoms with van der Waals surface area (Å²) in [5, 5.41) is 2.99. The van der Waals surface area contributed by atoms with Crippen LogP contribution in [0.25, 0.3) is 0 Å². The molecule has 2 aromatic heterocycles. The Morgan fingerprint density at radius 2 is 1.87 bits per heavy atom. The molecule has 0 bridgehead atoms. The lowest BCUT2D eigenvalue weighted by Crippen LogP contribution is -2.18. The van der Waals surface area contributed by atoms with Crippen LogP contribution >= 0.6 is 11.8 Å². The number of aryl methyl sites for hydroxylation is 1. The number of anilines is 1. The third kappa shape index (κ3) is 6.09. The maximum atomic E-state index is 13.0. The highest BCUT2D eigenvalue weighted by Crippen LogP contribution is 2.33. The molecule has 0 aliphatic carbocycles. The molecule has 3 aromatic rings. The van der Waals surface area contributed by atoms with Crippen molar-refractivity contribution in [3.8, 4) is 0 Å². The Labute approximate surface area is 176 Å². The molecule has 0 atom stereocenters. The first-order valence-electron chi connectivity index (χ1n) is 9.29. The van der Waals surface area contributed by atoms with Gasteiger partial charge in [0, 0.05) is 48.1 Å². The van der Waals surface area contributed by atoms with Crippen LogP contribution in [-0.2, 0) is 18.3 Å². The number of nitrogens with zero attached hydrogens (tertiary/aromatic N) is 2. The van der Waals surface area contributed by atoms with Crippen molar-refractivity contribution < 1.29 is 13.2 Å². The fourth-order valence-corrected chi connectivity index (χ4v) is 3.67. The van der Waals surface area contributed by atoms with E-state index in [2.05, 4.69) is 20.3 Å². The van der Waals surface area contributed by atoms with Gasteiger partial charge in [-0.05, 0) is 30.2 Å². The fourth-order valence-electron chi connectivity index (χ4n) is 2.81. The standard InChI is InChI=1S/C21H21F3N4OS/c1-14-6-7-15(11-26-14)10-17-12-27-20(28-19(17)29)25-8-9-30-13-16-4-2-3-5-18(16)21(22,23)24/h2-7,11-12H,8-10,13H2,1H3,(H2,25,27,28,29). The highest BCUT2D eigenvalue weighted by Gasteiger charge is 2.32. The summed E-state index contributed by atoms with van der Waals surface area (Å²) in [5.74, 6) is 1.15. The monoisotopic (exact) mass is 434 g/mol. The number of benzene rings is 1. The van der Waals surface area contributed by atoms with Gasteiger partial charge in [-0.3, -0.25) is 14.8 Å². The predicted molar refractivity (Wildman–Crippen MR) is 113 cm³/mol. The lowest BCUT2D eigenvalue weighted by molar-refractivity contribution is -0.138. The number of halogens is 3. The summed E-state index contributed by atoms with van der Waals surface area (Å²) in [6.45, 7) is 2.36. The van der Waals surface area contributed by atoms with E-state index in [1.165, 1.54) is 30.1 Å². The summed E-state index contributed by atoms with van der Waals surface area (Å²) in [6, 6.07) is 9.38. The number of aromatic nitrogens is 3. The van der Waals surface area contributed by atoms with E-state index in [1.807, 2.05) is 19.1 Å². The summed E-state index contributed by atoms with van der Waals surface area (Å²) in [4.78, 5) is 23.4. The van der Waals surface area contributed by atoms with E-state index in [4.69, 9.17) is 0 Å². The molecule has 0 spiro atoms. The smallest absolute Gasteiger partial charge is 0.355 e.